The minimum absolute atomic E-state index is 0.177. The summed E-state index contributed by atoms with van der Waals surface area (Å²) >= 11 is 0. The van der Waals surface area contributed by atoms with Gasteiger partial charge in [0.2, 0.25) is 5.91 Å². The number of piperidine rings is 1. The average Bonchev–Trinajstić information content (AvgIpc) is 2.71. The molecule has 0 radical (unpaired) electrons. The number of amides is 1. The van der Waals surface area contributed by atoms with Crippen LogP contribution in [0.5, 0.6) is 0 Å². The highest BCUT2D eigenvalue weighted by atomic mass is 16.3. The molecule has 1 aliphatic rings. The Kier molecular flexibility index (Phi) is 6.64. The number of carbonyl (C=O) groups is 1. The van der Waals surface area contributed by atoms with Crippen LogP contribution in [0.2, 0.25) is 0 Å². The van der Waals surface area contributed by atoms with Crippen LogP contribution in [0.1, 0.15) is 38.4 Å². The van der Waals surface area contributed by atoms with E-state index in [9.17, 15) is 9.90 Å². The molecular weight excluding hydrogens is 336 g/mol. The molecule has 0 spiro atoms. The number of anilines is 1. The predicted molar refractivity (Wildman–Crippen MR) is 110 cm³/mol. The van der Waals surface area contributed by atoms with E-state index in [1.807, 2.05) is 72.5 Å². The van der Waals surface area contributed by atoms with Crippen molar-refractivity contribution in [2.45, 2.75) is 38.8 Å². The van der Waals surface area contributed by atoms with Crippen LogP contribution < -0.4 is 4.90 Å². The number of carbonyl (C=O) groups excluding carboxylic acids is 1. The highest BCUT2D eigenvalue weighted by Gasteiger charge is 2.34. The topological polar surface area (TPSA) is 43.8 Å². The van der Waals surface area contributed by atoms with Gasteiger partial charge in [0.25, 0.3) is 0 Å². The first-order valence-corrected chi connectivity index (χ1v) is 9.92. The van der Waals surface area contributed by atoms with Crippen LogP contribution in [0.25, 0.3) is 0 Å². The van der Waals surface area contributed by atoms with E-state index in [0.29, 0.717) is 18.9 Å². The molecule has 2 aromatic rings. The lowest BCUT2D eigenvalue weighted by Gasteiger charge is -2.43. The number of nitrogens with zero attached hydrogens (tertiary/aromatic N) is 2. The molecule has 27 heavy (non-hydrogen) atoms. The van der Waals surface area contributed by atoms with Crippen molar-refractivity contribution in [3.8, 4) is 0 Å². The van der Waals surface area contributed by atoms with E-state index in [-0.39, 0.29) is 11.9 Å². The van der Waals surface area contributed by atoms with E-state index in [1.54, 1.807) is 0 Å². The van der Waals surface area contributed by atoms with Crippen molar-refractivity contribution in [3.63, 3.8) is 0 Å². The molecule has 3 atom stereocenters. The third-order valence-corrected chi connectivity index (χ3v) is 5.50. The molecule has 0 aromatic heterocycles. The summed E-state index contributed by atoms with van der Waals surface area (Å²) in [7, 11) is 0. The maximum Gasteiger partial charge on any atom is 0.226 e. The molecule has 1 amide bonds. The third-order valence-electron chi connectivity index (χ3n) is 5.50. The number of benzene rings is 2. The van der Waals surface area contributed by atoms with Gasteiger partial charge < -0.3 is 10.0 Å². The number of hydrogen-bond acceptors (Lipinski definition) is 3. The Morgan fingerprint density at radius 3 is 2.37 bits per heavy atom. The van der Waals surface area contributed by atoms with Gasteiger partial charge in [-0.15, -0.1) is 0 Å². The second-order valence-electron chi connectivity index (χ2n) is 7.47. The van der Waals surface area contributed by atoms with Gasteiger partial charge in [0.05, 0.1) is 6.10 Å². The Balaban J connectivity index is 1.67. The molecule has 0 aliphatic carbocycles. The van der Waals surface area contributed by atoms with Crippen molar-refractivity contribution >= 4 is 11.6 Å². The minimum Gasteiger partial charge on any atom is -0.387 e. The number of rotatable bonds is 6. The van der Waals surface area contributed by atoms with Gasteiger partial charge in [-0.3, -0.25) is 9.69 Å². The molecular formula is C23H30N2O2. The third kappa shape index (κ3) is 4.76. The quantitative estimate of drug-likeness (QED) is 0.844. The van der Waals surface area contributed by atoms with Crippen molar-refractivity contribution in [2.75, 3.05) is 24.5 Å². The fourth-order valence-corrected chi connectivity index (χ4v) is 4.07. The fraction of sp³-hybridized carbons (Fsp3) is 0.435. The van der Waals surface area contributed by atoms with E-state index in [4.69, 9.17) is 0 Å². The summed E-state index contributed by atoms with van der Waals surface area (Å²) in [5.74, 6) is 0.522. The lowest BCUT2D eigenvalue weighted by molar-refractivity contribution is -0.119. The number of para-hydroxylation sites is 1. The molecule has 1 saturated heterocycles. The van der Waals surface area contributed by atoms with E-state index in [0.717, 1.165) is 30.8 Å². The summed E-state index contributed by atoms with van der Waals surface area (Å²) in [5, 5.41) is 10.5. The zero-order chi connectivity index (χ0) is 19.2. The maximum absolute atomic E-state index is 12.7. The lowest BCUT2D eigenvalue weighted by atomic mass is 9.91. The van der Waals surface area contributed by atoms with E-state index < -0.39 is 6.10 Å². The summed E-state index contributed by atoms with van der Waals surface area (Å²) in [6, 6.07) is 20.0. The molecule has 0 unspecified atom stereocenters. The van der Waals surface area contributed by atoms with Gasteiger partial charge in [0.1, 0.15) is 0 Å². The van der Waals surface area contributed by atoms with E-state index in [1.165, 1.54) is 0 Å². The zero-order valence-electron chi connectivity index (χ0n) is 16.3. The zero-order valence-corrected chi connectivity index (χ0v) is 16.3. The Bertz CT molecular complexity index is 720. The molecule has 3 rings (SSSR count). The van der Waals surface area contributed by atoms with Crippen molar-refractivity contribution in [2.24, 2.45) is 5.92 Å². The standard InChI is InChI=1S/C23H30N2O2/c1-3-23(27)25(20-12-8-5-9-13-20)21-14-15-24(16-18(21)2)17-22(26)19-10-6-4-7-11-19/h4-13,18,21-22,26H,3,14-17H2,1-2H3/t18-,21-,22-/m0/s1. The van der Waals surface area contributed by atoms with Crippen LogP contribution in [0.3, 0.4) is 0 Å². The van der Waals surface area contributed by atoms with Crippen molar-refractivity contribution in [1.29, 1.82) is 0 Å². The molecule has 1 aliphatic heterocycles. The predicted octanol–water partition coefficient (Wildman–Crippen LogP) is 3.87. The Morgan fingerprint density at radius 1 is 1.15 bits per heavy atom. The lowest BCUT2D eigenvalue weighted by Crippen LogP contribution is -2.52. The summed E-state index contributed by atoms with van der Waals surface area (Å²) in [6.45, 7) is 6.54. The van der Waals surface area contributed by atoms with Gasteiger partial charge in [-0.2, -0.15) is 0 Å². The molecule has 1 heterocycles. The molecule has 4 heteroatoms. The number of β-amino-alcohol motifs (C(OH)–C–C–N with tert-alkyl or cyclic N) is 1. The van der Waals surface area contributed by atoms with Gasteiger partial charge >= 0.3 is 0 Å². The largest absolute Gasteiger partial charge is 0.387 e. The molecule has 1 fully saturated rings. The summed E-state index contributed by atoms with van der Waals surface area (Å²) in [6.07, 6.45) is 0.954. The maximum atomic E-state index is 12.7. The molecule has 4 nitrogen and oxygen atoms in total. The number of aliphatic hydroxyl groups is 1. The van der Waals surface area contributed by atoms with Crippen LogP contribution in [0, 0.1) is 5.92 Å². The second kappa shape index (κ2) is 9.16. The van der Waals surface area contributed by atoms with Crippen molar-refractivity contribution in [1.82, 2.24) is 4.90 Å². The Hall–Kier alpha value is -2.17. The van der Waals surface area contributed by atoms with Crippen LogP contribution in [-0.4, -0.2) is 41.6 Å². The summed E-state index contributed by atoms with van der Waals surface area (Å²) in [4.78, 5) is 17.0. The van der Waals surface area contributed by atoms with Gasteiger partial charge in [-0.05, 0) is 30.0 Å². The normalized spacial score (nSPS) is 21.6. The highest BCUT2D eigenvalue weighted by molar-refractivity contribution is 5.93. The first kappa shape index (κ1) is 19.6. The fourth-order valence-electron chi connectivity index (χ4n) is 4.07. The number of hydrogen-bond donors (Lipinski definition) is 1. The first-order valence-electron chi connectivity index (χ1n) is 9.92. The van der Waals surface area contributed by atoms with Crippen molar-refractivity contribution in [3.05, 3.63) is 66.2 Å². The van der Waals surface area contributed by atoms with E-state index in [2.05, 4.69) is 11.8 Å². The van der Waals surface area contributed by atoms with Gasteiger partial charge in [0, 0.05) is 37.8 Å². The monoisotopic (exact) mass is 366 g/mol. The van der Waals surface area contributed by atoms with Crippen LogP contribution in [0.4, 0.5) is 5.69 Å². The summed E-state index contributed by atoms with van der Waals surface area (Å²) < 4.78 is 0. The molecule has 2 aromatic carbocycles. The summed E-state index contributed by atoms with van der Waals surface area (Å²) in [5.41, 5.74) is 1.94. The Morgan fingerprint density at radius 2 is 1.78 bits per heavy atom. The average molecular weight is 367 g/mol. The second-order valence-corrected chi connectivity index (χ2v) is 7.47. The SMILES string of the molecule is CCC(=O)N(c1ccccc1)[C@H]1CCN(C[C@H](O)c2ccccc2)C[C@@H]1C. The van der Waals surface area contributed by atoms with Gasteiger partial charge in [-0.25, -0.2) is 0 Å². The van der Waals surface area contributed by atoms with Gasteiger partial charge in [0.15, 0.2) is 0 Å². The molecule has 144 valence electrons. The first-order chi connectivity index (χ1) is 13.1. The van der Waals surface area contributed by atoms with Crippen LogP contribution >= 0.6 is 0 Å². The van der Waals surface area contributed by atoms with Crippen LogP contribution in [-0.2, 0) is 4.79 Å². The van der Waals surface area contributed by atoms with Crippen LogP contribution in [0.15, 0.2) is 60.7 Å². The minimum atomic E-state index is -0.475. The molecule has 1 N–H and O–H groups in total. The number of likely N-dealkylation sites (tertiary alicyclic amines) is 1. The van der Waals surface area contributed by atoms with E-state index >= 15 is 0 Å². The Labute approximate surface area is 162 Å². The molecule has 0 saturated carbocycles. The number of aliphatic hydroxyl groups excluding tert-OH is 1. The van der Waals surface area contributed by atoms with Gasteiger partial charge in [-0.1, -0.05) is 62.4 Å². The van der Waals surface area contributed by atoms with Crippen molar-refractivity contribution < 1.29 is 9.90 Å². The highest BCUT2D eigenvalue weighted by Crippen LogP contribution is 2.29. The smallest absolute Gasteiger partial charge is 0.226 e. The molecule has 0 bridgehead atoms.